The van der Waals surface area contributed by atoms with E-state index in [1.54, 1.807) is 5.57 Å². The van der Waals surface area contributed by atoms with Crippen LogP contribution in [0.2, 0.25) is 0 Å². The maximum Gasteiger partial charge on any atom is 0.176 e. The van der Waals surface area contributed by atoms with Crippen LogP contribution in [0.1, 0.15) is 98.0 Å². The number of allylic oxidation sites excluding steroid dienone is 6. The van der Waals surface area contributed by atoms with Crippen LogP contribution >= 0.6 is 0 Å². The largest absolute Gasteiger partial charge is 0.382 e. The maximum absolute atomic E-state index is 14.6. The van der Waals surface area contributed by atoms with Gasteiger partial charge in [-0.05, 0) is 98.0 Å². The van der Waals surface area contributed by atoms with Gasteiger partial charge in [-0.25, -0.2) is 0 Å². The Morgan fingerprint density at radius 3 is 2.37 bits per heavy atom. The summed E-state index contributed by atoms with van der Waals surface area (Å²) in [6.45, 7) is 11.4. The van der Waals surface area contributed by atoms with Gasteiger partial charge in [0.05, 0.1) is 5.57 Å². The molecule has 4 fully saturated rings. The zero-order chi connectivity index (χ0) is 30.4. The van der Waals surface area contributed by atoms with Gasteiger partial charge in [-0.15, -0.1) is 0 Å². The third-order valence-corrected chi connectivity index (χ3v) is 13.3. The standard InChI is InChI=1S/C39H48N2O2/c1-24-28-13-15-37(4)29-14-16-39(41-31(26-11-12-26)19-25-9-7-6-8-10-25)18-17-36(2,3)22-30(39)34(29)32(42)20-33(37)38(28,5)21-27(23-40)35(24)43/h6-10,20-21,24,28-30,34,41H,11-19,22H2,1-5H3. The van der Waals surface area contributed by atoms with Crippen LogP contribution in [0.15, 0.2) is 64.9 Å². The zero-order valence-corrected chi connectivity index (χ0v) is 26.8. The Morgan fingerprint density at radius 2 is 1.67 bits per heavy atom. The maximum atomic E-state index is 14.6. The van der Waals surface area contributed by atoms with E-state index in [9.17, 15) is 14.9 Å². The minimum Gasteiger partial charge on any atom is -0.382 e. The fourth-order valence-electron chi connectivity index (χ4n) is 10.8. The molecule has 4 heteroatoms. The molecule has 1 aromatic rings. The van der Waals surface area contributed by atoms with E-state index in [1.165, 1.54) is 36.1 Å². The highest BCUT2D eigenvalue weighted by Gasteiger charge is 2.64. The van der Waals surface area contributed by atoms with Gasteiger partial charge in [0, 0.05) is 34.9 Å². The van der Waals surface area contributed by atoms with Crippen LogP contribution in [0, 0.1) is 57.2 Å². The van der Waals surface area contributed by atoms with E-state index < -0.39 is 5.41 Å². The molecule has 0 spiro atoms. The lowest BCUT2D eigenvalue weighted by atomic mass is 9.40. The summed E-state index contributed by atoms with van der Waals surface area (Å²) in [6.07, 6.45) is 14.8. The number of rotatable bonds is 4. The van der Waals surface area contributed by atoms with Gasteiger partial charge in [-0.3, -0.25) is 9.59 Å². The summed E-state index contributed by atoms with van der Waals surface area (Å²) in [5, 5.41) is 14.1. The van der Waals surface area contributed by atoms with Crippen molar-refractivity contribution in [2.24, 2.45) is 45.8 Å². The fraction of sp³-hybridized carbons (Fsp3) is 0.615. The van der Waals surface area contributed by atoms with E-state index in [2.05, 4.69) is 69.4 Å². The summed E-state index contributed by atoms with van der Waals surface area (Å²) in [7, 11) is 0. The topological polar surface area (TPSA) is 70.0 Å². The van der Waals surface area contributed by atoms with Crippen LogP contribution in [0.3, 0.4) is 0 Å². The Bertz CT molecular complexity index is 1500. The van der Waals surface area contributed by atoms with E-state index in [1.807, 2.05) is 19.1 Å². The highest BCUT2D eigenvalue weighted by atomic mass is 16.1. The van der Waals surface area contributed by atoms with Crippen LogP contribution in [-0.2, 0) is 16.0 Å². The molecular formula is C39H48N2O2. The molecule has 4 nitrogen and oxygen atoms in total. The molecule has 6 aliphatic carbocycles. The van der Waals surface area contributed by atoms with Crippen molar-refractivity contribution in [3.63, 3.8) is 0 Å². The van der Waals surface area contributed by atoms with Gasteiger partial charge < -0.3 is 5.32 Å². The number of carbonyl (C=O) groups excluding carboxylic acids is 2. The molecule has 226 valence electrons. The van der Waals surface area contributed by atoms with Gasteiger partial charge in [0.2, 0.25) is 0 Å². The summed E-state index contributed by atoms with van der Waals surface area (Å²) in [5.74, 6) is 0.831. The number of fused-ring (bicyclic) bond motifs is 7. The third kappa shape index (κ3) is 4.43. The van der Waals surface area contributed by atoms with Gasteiger partial charge in [0.25, 0.3) is 0 Å². The number of hydrogen-bond donors (Lipinski definition) is 1. The summed E-state index contributed by atoms with van der Waals surface area (Å²) in [5.41, 5.74) is 5.47. The predicted molar refractivity (Wildman–Crippen MR) is 170 cm³/mol. The average Bonchev–Trinajstić information content (AvgIpc) is 3.82. The smallest absolute Gasteiger partial charge is 0.176 e. The van der Waals surface area contributed by atoms with Crippen molar-refractivity contribution in [2.75, 3.05) is 0 Å². The van der Waals surface area contributed by atoms with Crippen molar-refractivity contribution < 1.29 is 9.59 Å². The fourth-order valence-corrected chi connectivity index (χ4v) is 10.8. The van der Waals surface area contributed by atoms with Crippen LogP contribution < -0.4 is 5.32 Å². The molecule has 6 aliphatic rings. The minimum absolute atomic E-state index is 0.0129. The second-order valence-electron chi connectivity index (χ2n) is 16.3. The van der Waals surface area contributed by atoms with E-state index in [0.717, 1.165) is 44.9 Å². The zero-order valence-electron chi connectivity index (χ0n) is 26.8. The van der Waals surface area contributed by atoms with Crippen molar-refractivity contribution >= 4 is 11.6 Å². The number of Topliss-reactive ketones (excluding diaryl/α,β-unsaturated/α-hetero) is 1. The van der Waals surface area contributed by atoms with E-state index in [4.69, 9.17) is 0 Å². The highest BCUT2D eigenvalue weighted by Crippen LogP contribution is 2.68. The molecule has 0 amide bonds. The molecule has 8 atom stereocenters. The molecule has 0 aliphatic heterocycles. The van der Waals surface area contributed by atoms with Gasteiger partial charge in [0.15, 0.2) is 11.6 Å². The Hall–Kier alpha value is -2.93. The van der Waals surface area contributed by atoms with Crippen molar-refractivity contribution in [1.82, 2.24) is 5.32 Å². The van der Waals surface area contributed by atoms with Gasteiger partial charge in [0.1, 0.15) is 6.07 Å². The number of nitrogens with zero attached hydrogens (tertiary/aromatic N) is 1. The quantitative estimate of drug-likeness (QED) is 0.394. The van der Waals surface area contributed by atoms with Crippen molar-refractivity contribution in [2.45, 2.75) is 104 Å². The first kappa shape index (κ1) is 28.8. The summed E-state index contributed by atoms with van der Waals surface area (Å²) >= 11 is 0. The van der Waals surface area contributed by atoms with E-state index >= 15 is 0 Å². The lowest BCUT2D eigenvalue weighted by Crippen LogP contribution is -2.65. The molecule has 0 aromatic heterocycles. The first-order chi connectivity index (χ1) is 20.4. The molecule has 0 radical (unpaired) electrons. The molecule has 0 saturated heterocycles. The Labute approximate surface area is 258 Å². The number of benzene rings is 1. The second kappa shape index (κ2) is 9.79. The molecule has 4 saturated carbocycles. The Morgan fingerprint density at radius 1 is 0.953 bits per heavy atom. The molecule has 0 bridgehead atoms. The summed E-state index contributed by atoms with van der Waals surface area (Å²) < 4.78 is 0. The predicted octanol–water partition coefficient (Wildman–Crippen LogP) is 8.06. The molecule has 1 N–H and O–H groups in total. The molecular weight excluding hydrogens is 528 g/mol. The second-order valence-corrected chi connectivity index (χ2v) is 16.3. The monoisotopic (exact) mass is 576 g/mol. The van der Waals surface area contributed by atoms with Crippen molar-refractivity contribution in [1.29, 1.82) is 5.26 Å². The average molecular weight is 577 g/mol. The van der Waals surface area contributed by atoms with E-state index in [0.29, 0.717) is 17.6 Å². The van der Waals surface area contributed by atoms with E-state index in [-0.39, 0.29) is 45.5 Å². The van der Waals surface area contributed by atoms with Crippen LogP contribution in [-0.4, -0.2) is 17.1 Å². The number of nitriles is 1. The third-order valence-electron chi connectivity index (χ3n) is 13.3. The number of carbonyl (C=O) groups is 2. The Balaban J connectivity index is 1.28. The minimum atomic E-state index is -0.427. The summed E-state index contributed by atoms with van der Waals surface area (Å²) in [4.78, 5) is 27.6. The first-order valence-electron chi connectivity index (χ1n) is 16.9. The lowest BCUT2D eigenvalue weighted by molar-refractivity contribution is -0.139. The number of nitrogens with one attached hydrogen (secondary N) is 1. The number of ketones is 2. The van der Waals surface area contributed by atoms with Crippen LogP contribution in [0.4, 0.5) is 0 Å². The lowest BCUT2D eigenvalue weighted by Gasteiger charge is -2.64. The van der Waals surface area contributed by atoms with Gasteiger partial charge >= 0.3 is 0 Å². The molecule has 43 heavy (non-hydrogen) atoms. The molecule has 0 heterocycles. The van der Waals surface area contributed by atoms with Crippen molar-refractivity contribution in [3.8, 4) is 6.07 Å². The number of hydrogen-bond acceptors (Lipinski definition) is 4. The SMILES string of the molecule is CC1C(=O)C(C#N)=CC2(C)C3=CC(=O)C4C5CC(C)(C)CCC5(NC(Cc5ccccc5)=C5CC5)CCC4C3(C)CCC12. The highest BCUT2D eigenvalue weighted by molar-refractivity contribution is 6.02. The van der Waals surface area contributed by atoms with Gasteiger partial charge in [-0.2, -0.15) is 5.26 Å². The molecule has 7 rings (SSSR count). The van der Waals surface area contributed by atoms with Crippen molar-refractivity contribution in [3.05, 3.63) is 70.5 Å². The van der Waals surface area contributed by atoms with Gasteiger partial charge in [-0.1, -0.05) is 82.2 Å². The summed E-state index contributed by atoms with van der Waals surface area (Å²) in [6, 6.07) is 13.0. The molecule has 1 aromatic carbocycles. The first-order valence-corrected chi connectivity index (χ1v) is 16.9. The normalized spacial score (nSPS) is 40.9. The van der Waals surface area contributed by atoms with Crippen LogP contribution in [0.5, 0.6) is 0 Å². The molecule has 8 unspecified atom stereocenters. The Kier molecular flexibility index (Phi) is 6.56. The van der Waals surface area contributed by atoms with Crippen LogP contribution in [0.25, 0.3) is 0 Å².